The minimum atomic E-state index is -0.318. The van der Waals surface area contributed by atoms with Gasteiger partial charge in [-0.2, -0.15) is 0 Å². The van der Waals surface area contributed by atoms with Crippen LogP contribution in [0.1, 0.15) is 45.2 Å². The monoisotopic (exact) mass is 275 g/mol. The molecule has 0 radical (unpaired) electrons. The van der Waals surface area contributed by atoms with E-state index in [4.69, 9.17) is 0 Å². The fraction of sp³-hybridized carbons (Fsp3) is 0.471. The molecule has 1 aliphatic rings. The summed E-state index contributed by atoms with van der Waals surface area (Å²) in [5.41, 5.74) is 2.43. The third kappa shape index (κ3) is 6.53. The summed E-state index contributed by atoms with van der Waals surface area (Å²) in [5.74, 6) is 0. The van der Waals surface area contributed by atoms with Crippen molar-refractivity contribution in [2.45, 2.75) is 45.3 Å². The highest BCUT2D eigenvalue weighted by atomic mass is 16.5. The van der Waals surface area contributed by atoms with Crippen LogP contribution in [0.15, 0.2) is 42.5 Å². The van der Waals surface area contributed by atoms with Crippen LogP contribution in [0.25, 0.3) is 0 Å². The molecule has 1 heterocycles. The molecule has 2 rings (SSSR count). The number of rotatable bonds is 2. The predicted octanol–water partition coefficient (Wildman–Crippen LogP) is 3.63. The zero-order chi connectivity index (χ0) is 15.0. The van der Waals surface area contributed by atoms with Crippen molar-refractivity contribution in [3.05, 3.63) is 48.0 Å². The zero-order valence-corrected chi connectivity index (χ0v) is 12.7. The van der Waals surface area contributed by atoms with Crippen molar-refractivity contribution in [1.29, 1.82) is 0 Å². The molecule has 0 saturated carbocycles. The van der Waals surface area contributed by atoms with E-state index in [0.29, 0.717) is 12.5 Å². The smallest absolute Gasteiger partial charge is 0.293 e. The molecule has 3 nitrogen and oxygen atoms in total. The third-order valence-electron chi connectivity index (χ3n) is 2.97. The van der Waals surface area contributed by atoms with Gasteiger partial charge in [-0.1, -0.05) is 42.5 Å². The molecule has 0 amide bonds. The Labute approximate surface area is 122 Å². The number of piperidine rings is 1. The van der Waals surface area contributed by atoms with E-state index < -0.39 is 0 Å². The quantitative estimate of drug-likeness (QED) is 0.661. The van der Waals surface area contributed by atoms with Gasteiger partial charge in [0.15, 0.2) is 0 Å². The Hall–Kier alpha value is -1.61. The van der Waals surface area contributed by atoms with Gasteiger partial charge in [0.1, 0.15) is 5.60 Å². The SMILES string of the molecule is C=C1CCNC(c2ccccc2)C1.CC(C)(C)OC=O. The number of hydrogen-bond acceptors (Lipinski definition) is 3. The summed E-state index contributed by atoms with van der Waals surface area (Å²) in [5, 5.41) is 3.50. The maximum absolute atomic E-state index is 9.60. The zero-order valence-electron chi connectivity index (χ0n) is 12.7. The van der Waals surface area contributed by atoms with Crippen LogP contribution in [0.2, 0.25) is 0 Å². The summed E-state index contributed by atoms with van der Waals surface area (Å²) in [6, 6.07) is 11.1. The van der Waals surface area contributed by atoms with Gasteiger partial charge in [0.05, 0.1) is 0 Å². The Morgan fingerprint density at radius 1 is 1.30 bits per heavy atom. The maximum Gasteiger partial charge on any atom is 0.293 e. The molecule has 0 spiro atoms. The highest BCUT2D eigenvalue weighted by molar-refractivity contribution is 5.37. The van der Waals surface area contributed by atoms with Gasteiger partial charge in [-0.05, 0) is 45.7 Å². The second-order valence-corrected chi connectivity index (χ2v) is 5.95. The summed E-state index contributed by atoms with van der Waals surface area (Å²) in [4.78, 5) is 9.60. The van der Waals surface area contributed by atoms with Gasteiger partial charge in [-0.15, -0.1) is 0 Å². The fourth-order valence-corrected chi connectivity index (χ4v) is 1.95. The lowest BCUT2D eigenvalue weighted by Gasteiger charge is -2.25. The Kier molecular flexibility index (Phi) is 6.46. The standard InChI is InChI=1S/C12H15N.C5H10O2/c1-10-7-8-13-12(9-10)11-5-3-2-4-6-11;1-5(2,3)7-4-6/h2-6,12-13H,1,7-9H2;4H,1-3H3. The molecule has 1 fully saturated rings. The average Bonchev–Trinajstić information content (AvgIpc) is 2.39. The van der Waals surface area contributed by atoms with Crippen LogP contribution < -0.4 is 5.32 Å². The largest absolute Gasteiger partial charge is 0.462 e. The van der Waals surface area contributed by atoms with Gasteiger partial charge < -0.3 is 10.1 Å². The van der Waals surface area contributed by atoms with Crippen molar-refractivity contribution in [3.8, 4) is 0 Å². The Balaban J connectivity index is 0.000000246. The van der Waals surface area contributed by atoms with Crippen molar-refractivity contribution in [3.63, 3.8) is 0 Å². The van der Waals surface area contributed by atoms with E-state index in [2.05, 4.69) is 47.0 Å². The molecular formula is C17H25NO2. The molecule has 0 aromatic heterocycles. The fourth-order valence-electron chi connectivity index (χ4n) is 1.95. The van der Waals surface area contributed by atoms with E-state index in [1.807, 2.05) is 20.8 Å². The van der Waals surface area contributed by atoms with E-state index in [-0.39, 0.29) is 5.60 Å². The molecular weight excluding hydrogens is 250 g/mol. The van der Waals surface area contributed by atoms with Crippen LogP contribution in [0.5, 0.6) is 0 Å². The Bertz CT molecular complexity index is 420. The summed E-state index contributed by atoms with van der Waals surface area (Å²) in [7, 11) is 0. The van der Waals surface area contributed by atoms with Crippen LogP contribution >= 0.6 is 0 Å². The Morgan fingerprint density at radius 2 is 1.95 bits per heavy atom. The maximum atomic E-state index is 9.60. The molecule has 1 N–H and O–H groups in total. The van der Waals surface area contributed by atoms with Gasteiger partial charge in [-0.25, -0.2) is 0 Å². The van der Waals surface area contributed by atoms with E-state index >= 15 is 0 Å². The van der Waals surface area contributed by atoms with Gasteiger partial charge in [-0.3, -0.25) is 4.79 Å². The van der Waals surface area contributed by atoms with Crippen molar-refractivity contribution < 1.29 is 9.53 Å². The van der Waals surface area contributed by atoms with Crippen molar-refractivity contribution in [2.24, 2.45) is 0 Å². The average molecular weight is 275 g/mol. The first kappa shape index (κ1) is 16.4. The van der Waals surface area contributed by atoms with Gasteiger partial charge in [0, 0.05) is 6.04 Å². The van der Waals surface area contributed by atoms with Gasteiger partial charge >= 0.3 is 0 Å². The lowest BCUT2D eigenvalue weighted by atomic mass is 9.95. The molecule has 0 aliphatic carbocycles. The molecule has 1 saturated heterocycles. The van der Waals surface area contributed by atoms with E-state index in [1.165, 1.54) is 11.1 Å². The van der Waals surface area contributed by atoms with Gasteiger partial charge in [0.25, 0.3) is 6.47 Å². The molecule has 20 heavy (non-hydrogen) atoms. The molecule has 1 unspecified atom stereocenters. The summed E-state index contributed by atoms with van der Waals surface area (Å²) in [6.07, 6.45) is 2.22. The van der Waals surface area contributed by atoms with E-state index in [1.54, 1.807) is 0 Å². The lowest BCUT2D eigenvalue weighted by molar-refractivity contribution is -0.138. The summed E-state index contributed by atoms with van der Waals surface area (Å²) < 4.78 is 4.55. The number of benzene rings is 1. The highest BCUT2D eigenvalue weighted by Crippen LogP contribution is 2.24. The topological polar surface area (TPSA) is 38.3 Å². The first-order chi connectivity index (χ1) is 9.42. The number of hydrogen-bond donors (Lipinski definition) is 1. The van der Waals surface area contributed by atoms with Crippen LogP contribution in [0.3, 0.4) is 0 Å². The first-order valence-corrected chi connectivity index (χ1v) is 6.99. The minimum Gasteiger partial charge on any atom is -0.462 e. The van der Waals surface area contributed by atoms with Crippen molar-refractivity contribution in [2.75, 3.05) is 6.54 Å². The van der Waals surface area contributed by atoms with Crippen LogP contribution in [0.4, 0.5) is 0 Å². The number of carbonyl (C=O) groups is 1. The van der Waals surface area contributed by atoms with E-state index in [9.17, 15) is 4.79 Å². The van der Waals surface area contributed by atoms with Gasteiger partial charge in [0.2, 0.25) is 0 Å². The second kappa shape index (κ2) is 7.85. The molecule has 1 aromatic carbocycles. The number of ether oxygens (including phenoxy) is 1. The molecule has 1 atom stereocenters. The van der Waals surface area contributed by atoms with Crippen molar-refractivity contribution >= 4 is 6.47 Å². The molecule has 3 heteroatoms. The van der Waals surface area contributed by atoms with Crippen molar-refractivity contribution in [1.82, 2.24) is 5.32 Å². The molecule has 0 bridgehead atoms. The lowest BCUT2D eigenvalue weighted by Crippen LogP contribution is -2.27. The predicted molar refractivity (Wildman–Crippen MR) is 82.5 cm³/mol. The Morgan fingerprint density at radius 3 is 2.40 bits per heavy atom. The number of carbonyl (C=O) groups excluding carboxylic acids is 1. The molecule has 1 aromatic rings. The molecule has 1 aliphatic heterocycles. The van der Waals surface area contributed by atoms with Crippen LogP contribution in [0, 0.1) is 0 Å². The summed E-state index contributed by atoms with van der Waals surface area (Å²) >= 11 is 0. The number of nitrogens with one attached hydrogen (secondary N) is 1. The first-order valence-electron chi connectivity index (χ1n) is 6.99. The van der Waals surface area contributed by atoms with Crippen LogP contribution in [-0.2, 0) is 9.53 Å². The minimum absolute atomic E-state index is 0.318. The summed E-state index contributed by atoms with van der Waals surface area (Å²) in [6.45, 7) is 11.0. The normalized spacial score (nSPS) is 18.8. The van der Waals surface area contributed by atoms with E-state index in [0.717, 1.165) is 19.4 Å². The third-order valence-corrected chi connectivity index (χ3v) is 2.97. The second-order valence-electron chi connectivity index (χ2n) is 5.95. The molecule has 110 valence electrons. The van der Waals surface area contributed by atoms with Crippen LogP contribution in [-0.4, -0.2) is 18.6 Å². The highest BCUT2D eigenvalue weighted by Gasteiger charge is 2.15.